The summed E-state index contributed by atoms with van der Waals surface area (Å²) < 4.78 is 26.4. The normalized spacial score (nSPS) is 25.9. The molecule has 0 unspecified atom stereocenters. The second-order valence-electron chi connectivity index (χ2n) is 7.47. The zero-order valence-electron chi connectivity index (χ0n) is 16.6. The van der Waals surface area contributed by atoms with Gasteiger partial charge < -0.3 is 14.9 Å². The number of carboxylic acid groups (broad SMARTS) is 1. The topological polar surface area (TPSA) is 113 Å². The number of hydrogen-bond donors (Lipinski definition) is 1. The highest BCUT2D eigenvalue weighted by atomic mass is 32.2. The van der Waals surface area contributed by atoms with Crippen LogP contribution in [0.5, 0.6) is 0 Å². The first-order valence-corrected chi connectivity index (χ1v) is 10.4. The highest BCUT2D eigenvalue weighted by Crippen LogP contribution is 2.36. The Morgan fingerprint density at radius 3 is 2.22 bits per heavy atom. The Kier molecular flexibility index (Phi) is 6.00. The Morgan fingerprint density at radius 2 is 1.78 bits per heavy atom. The molecule has 0 saturated carbocycles. The van der Waals surface area contributed by atoms with Gasteiger partial charge >= 0.3 is 0 Å². The molecule has 10 heteroatoms. The minimum atomic E-state index is -3.14. The lowest BCUT2D eigenvalue weighted by atomic mass is 10.00. The van der Waals surface area contributed by atoms with Crippen LogP contribution in [-0.2, 0) is 21.7 Å². The number of nitrogens with zero attached hydrogens (tertiary/aromatic N) is 4. The van der Waals surface area contributed by atoms with E-state index in [1.807, 2.05) is 32.8 Å². The maximum absolute atomic E-state index is 12.9. The van der Waals surface area contributed by atoms with Gasteiger partial charge in [-0.3, -0.25) is 14.3 Å². The minimum Gasteiger partial charge on any atom is -0.481 e. The number of fused-ring (bicyclic) bond motifs is 1. The molecule has 2 aliphatic heterocycles. The third-order valence-corrected chi connectivity index (χ3v) is 7.57. The molecular weight excluding hydrogens is 372 g/mol. The van der Waals surface area contributed by atoms with Crippen molar-refractivity contribution in [3.05, 3.63) is 17.0 Å². The average molecular weight is 401 g/mol. The van der Waals surface area contributed by atoms with Crippen molar-refractivity contribution in [2.45, 2.75) is 32.1 Å². The van der Waals surface area contributed by atoms with Gasteiger partial charge in [-0.2, -0.15) is 5.10 Å². The SMILES string of the molecule is CC(=O)O.Cc1nn(C)c(C(=O)N2C[C@H]3[C@H](N(C)C)CS(=O)(=O)[C@H]3C2)c1C. The van der Waals surface area contributed by atoms with Crippen molar-refractivity contribution >= 4 is 21.7 Å². The number of aliphatic carboxylic acids is 1. The molecule has 27 heavy (non-hydrogen) atoms. The summed E-state index contributed by atoms with van der Waals surface area (Å²) in [5, 5.41) is 11.3. The molecule has 0 radical (unpaired) electrons. The summed E-state index contributed by atoms with van der Waals surface area (Å²) in [7, 11) is 2.42. The van der Waals surface area contributed by atoms with Crippen LogP contribution in [0.1, 0.15) is 28.7 Å². The fraction of sp³-hybridized carbons (Fsp3) is 0.706. The second-order valence-corrected chi connectivity index (χ2v) is 9.74. The van der Waals surface area contributed by atoms with Gasteiger partial charge in [0.05, 0.1) is 16.7 Å². The number of aryl methyl sites for hydroxylation is 2. The molecule has 3 atom stereocenters. The number of hydrogen-bond acceptors (Lipinski definition) is 6. The van der Waals surface area contributed by atoms with E-state index in [4.69, 9.17) is 9.90 Å². The Bertz CT molecular complexity index is 842. The van der Waals surface area contributed by atoms with Crippen LogP contribution in [0.4, 0.5) is 0 Å². The molecule has 2 aliphatic rings. The van der Waals surface area contributed by atoms with Crippen LogP contribution in [0.25, 0.3) is 0 Å². The van der Waals surface area contributed by atoms with E-state index in [2.05, 4.69) is 5.10 Å². The summed E-state index contributed by atoms with van der Waals surface area (Å²) in [6.45, 7) is 5.62. The molecule has 0 bridgehead atoms. The molecule has 1 amide bonds. The van der Waals surface area contributed by atoms with Gasteiger partial charge in [-0.1, -0.05) is 0 Å². The van der Waals surface area contributed by atoms with E-state index in [9.17, 15) is 13.2 Å². The lowest BCUT2D eigenvalue weighted by Crippen LogP contribution is -2.39. The van der Waals surface area contributed by atoms with Gasteiger partial charge in [0.15, 0.2) is 9.84 Å². The van der Waals surface area contributed by atoms with Crippen molar-refractivity contribution in [2.75, 3.05) is 32.9 Å². The van der Waals surface area contributed by atoms with Crippen molar-refractivity contribution in [3.63, 3.8) is 0 Å². The first-order valence-electron chi connectivity index (χ1n) is 8.73. The number of likely N-dealkylation sites (tertiary alicyclic amines) is 1. The van der Waals surface area contributed by atoms with Crippen LogP contribution in [0, 0.1) is 19.8 Å². The predicted octanol–water partition coefficient (Wildman–Crippen LogP) is -0.0730. The van der Waals surface area contributed by atoms with Crippen LogP contribution in [0.2, 0.25) is 0 Å². The molecular formula is C17H28N4O5S. The van der Waals surface area contributed by atoms with Crippen LogP contribution in [-0.4, -0.2) is 89.2 Å². The Labute approximate surface area is 159 Å². The maximum atomic E-state index is 12.9. The number of amides is 1. The van der Waals surface area contributed by atoms with Crippen molar-refractivity contribution in [1.82, 2.24) is 19.6 Å². The quantitative estimate of drug-likeness (QED) is 0.739. The van der Waals surface area contributed by atoms with Gasteiger partial charge in [-0.05, 0) is 27.9 Å². The fourth-order valence-electron chi connectivity index (χ4n) is 3.94. The molecule has 0 aliphatic carbocycles. The smallest absolute Gasteiger partial charge is 0.300 e. The summed E-state index contributed by atoms with van der Waals surface area (Å²) in [5.74, 6) is -0.761. The van der Waals surface area contributed by atoms with E-state index in [1.165, 1.54) is 0 Å². The molecule has 3 heterocycles. The molecule has 1 aromatic rings. The molecule has 9 nitrogen and oxygen atoms in total. The Hall–Kier alpha value is -1.94. The van der Waals surface area contributed by atoms with Gasteiger partial charge in [0.1, 0.15) is 5.69 Å². The number of carbonyl (C=O) groups is 2. The monoisotopic (exact) mass is 400 g/mol. The molecule has 152 valence electrons. The van der Waals surface area contributed by atoms with Crippen molar-refractivity contribution < 1.29 is 23.1 Å². The van der Waals surface area contributed by atoms with Gasteiger partial charge in [0.2, 0.25) is 0 Å². The van der Waals surface area contributed by atoms with Gasteiger partial charge in [0, 0.05) is 44.6 Å². The molecule has 3 rings (SSSR count). The zero-order chi connectivity index (χ0) is 20.7. The Morgan fingerprint density at radius 1 is 1.22 bits per heavy atom. The molecule has 1 aromatic heterocycles. The average Bonchev–Trinajstić information content (AvgIpc) is 3.13. The number of carboxylic acids is 1. The van der Waals surface area contributed by atoms with E-state index < -0.39 is 21.1 Å². The predicted molar refractivity (Wildman–Crippen MR) is 100 cm³/mol. The van der Waals surface area contributed by atoms with E-state index in [0.29, 0.717) is 18.8 Å². The largest absolute Gasteiger partial charge is 0.481 e. The molecule has 2 saturated heterocycles. The van der Waals surface area contributed by atoms with Gasteiger partial charge in [-0.15, -0.1) is 0 Å². The summed E-state index contributed by atoms with van der Waals surface area (Å²) in [4.78, 5) is 25.5. The Balaban J connectivity index is 0.000000596. The van der Waals surface area contributed by atoms with E-state index >= 15 is 0 Å². The van der Waals surface area contributed by atoms with Gasteiger partial charge in [-0.25, -0.2) is 8.42 Å². The van der Waals surface area contributed by atoms with E-state index in [0.717, 1.165) is 18.2 Å². The van der Waals surface area contributed by atoms with Crippen molar-refractivity contribution in [2.24, 2.45) is 13.0 Å². The summed E-state index contributed by atoms with van der Waals surface area (Å²) in [5.41, 5.74) is 2.25. The molecule has 1 N–H and O–H groups in total. The summed E-state index contributed by atoms with van der Waals surface area (Å²) in [6, 6.07) is -0.0165. The lowest BCUT2D eigenvalue weighted by molar-refractivity contribution is -0.134. The lowest BCUT2D eigenvalue weighted by Gasteiger charge is -2.25. The van der Waals surface area contributed by atoms with Crippen LogP contribution < -0.4 is 0 Å². The highest BCUT2D eigenvalue weighted by Gasteiger charge is 2.53. The molecule has 2 fully saturated rings. The maximum Gasteiger partial charge on any atom is 0.300 e. The standard InChI is InChI=1S/C15H24N4O3S.C2H4O2/c1-9-10(2)16-18(5)14(9)15(20)19-6-11-12(17(3)4)8-23(21,22)13(11)7-19;1-2(3)4/h11-13H,6-8H2,1-5H3;1H3,(H,3,4)/t11-,12+,13-;/m0./s1. The summed E-state index contributed by atoms with van der Waals surface area (Å²) >= 11 is 0. The van der Waals surface area contributed by atoms with E-state index in [1.54, 1.807) is 16.6 Å². The first kappa shape index (κ1) is 21.4. The third kappa shape index (κ3) is 4.16. The van der Waals surface area contributed by atoms with E-state index in [-0.39, 0.29) is 23.6 Å². The number of aromatic nitrogens is 2. The number of sulfone groups is 1. The number of carbonyl (C=O) groups excluding carboxylic acids is 1. The van der Waals surface area contributed by atoms with Crippen LogP contribution in [0.3, 0.4) is 0 Å². The van der Waals surface area contributed by atoms with Gasteiger partial charge in [0.25, 0.3) is 11.9 Å². The number of rotatable bonds is 2. The fourth-order valence-corrected chi connectivity index (χ4v) is 6.42. The second kappa shape index (κ2) is 7.59. The third-order valence-electron chi connectivity index (χ3n) is 5.34. The van der Waals surface area contributed by atoms with Crippen LogP contribution >= 0.6 is 0 Å². The van der Waals surface area contributed by atoms with Crippen molar-refractivity contribution in [3.8, 4) is 0 Å². The highest BCUT2D eigenvalue weighted by molar-refractivity contribution is 7.92. The minimum absolute atomic E-state index is 0.00594. The van der Waals surface area contributed by atoms with Crippen LogP contribution in [0.15, 0.2) is 0 Å². The summed E-state index contributed by atoms with van der Waals surface area (Å²) in [6.07, 6.45) is 0. The molecule has 0 spiro atoms. The molecule has 0 aromatic carbocycles. The van der Waals surface area contributed by atoms with Crippen molar-refractivity contribution in [1.29, 1.82) is 0 Å². The first-order chi connectivity index (χ1) is 12.4. The zero-order valence-corrected chi connectivity index (χ0v) is 17.4.